The van der Waals surface area contributed by atoms with Gasteiger partial charge in [-0.2, -0.15) is 0 Å². The molecule has 13 heavy (non-hydrogen) atoms. The maximum atomic E-state index is 11.8. The van der Waals surface area contributed by atoms with E-state index >= 15 is 0 Å². The van der Waals surface area contributed by atoms with E-state index in [-0.39, 0.29) is 5.41 Å². The van der Waals surface area contributed by atoms with Crippen molar-refractivity contribution in [3.63, 3.8) is 0 Å². The summed E-state index contributed by atoms with van der Waals surface area (Å²) < 4.78 is 1.02. The van der Waals surface area contributed by atoms with Crippen molar-refractivity contribution >= 4 is 21.7 Å². The van der Waals surface area contributed by atoms with Crippen molar-refractivity contribution in [2.24, 2.45) is 5.41 Å². The Bertz CT molecular complexity index is 336. The van der Waals surface area contributed by atoms with Crippen molar-refractivity contribution in [1.29, 1.82) is 0 Å². The van der Waals surface area contributed by atoms with E-state index in [1.54, 1.807) is 0 Å². The number of carbonyl (C=O) groups is 1. The first-order chi connectivity index (χ1) is 6.12. The van der Waals surface area contributed by atoms with E-state index in [2.05, 4.69) is 15.9 Å². The van der Waals surface area contributed by atoms with Crippen LogP contribution in [0.5, 0.6) is 0 Å². The van der Waals surface area contributed by atoms with Crippen LogP contribution in [0.2, 0.25) is 0 Å². The lowest BCUT2D eigenvalue weighted by Crippen LogP contribution is -2.11. The molecule has 1 aliphatic rings. The fraction of sp³-hybridized carbons (Fsp3) is 0.364. The third-order valence-corrected chi connectivity index (χ3v) is 3.18. The molecule has 1 fully saturated rings. The highest BCUT2D eigenvalue weighted by molar-refractivity contribution is 9.10. The molecule has 1 nitrogen and oxygen atoms in total. The summed E-state index contributed by atoms with van der Waals surface area (Å²) in [7, 11) is 0. The molecule has 1 saturated carbocycles. The second-order valence-corrected chi connectivity index (χ2v) is 4.81. The van der Waals surface area contributed by atoms with Gasteiger partial charge in [-0.05, 0) is 25.0 Å². The molecule has 0 saturated heterocycles. The minimum absolute atomic E-state index is 0.0478. The number of ketones is 1. The van der Waals surface area contributed by atoms with Crippen LogP contribution >= 0.6 is 15.9 Å². The summed E-state index contributed by atoms with van der Waals surface area (Å²) in [5.74, 6) is 0.292. The maximum absolute atomic E-state index is 11.8. The quantitative estimate of drug-likeness (QED) is 0.722. The second-order valence-electron chi connectivity index (χ2n) is 3.90. The Hall–Kier alpha value is -0.630. The molecule has 1 aromatic rings. The predicted octanol–water partition coefficient (Wildman–Crippen LogP) is 3.43. The van der Waals surface area contributed by atoms with Crippen molar-refractivity contribution in [2.75, 3.05) is 0 Å². The van der Waals surface area contributed by atoms with E-state index in [1.807, 2.05) is 31.2 Å². The summed E-state index contributed by atoms with van der Waals surface area (Å²) >= 11 is 3.35. The van der Waals surface area contributed by atoms with Gasteiger partial charge >= 0.3 is 0 Å². The van der Waals surface area contributed by atoms with Gasteiger partial charge in [0.25, 0.3) is 0 Å². The lowest BCUT2D eigenvalue weighted by molar-refractivity contribution is 0.0912. The van der Waals surface area contributed by atoms with Crippen LogP contribution in [0.15, 0.2) is 28.7 Å². The summed E-state index contributed by atoms with van der Waals surface area (Å²) in [6.07, 6.45) is 2.09. The molecule has 2 rings (SSSR count). The van der Waals surface area contributed by atoms with Crippen molar-refractivity contribution in [3.05, 3.63) is 34.3 Å². The molecule has 0 aromatic heterocycles. The average Bonchev–Trinajstić information content (AvgIpc) is 2.85. The molecule has 0 spiro atoms. The van der Waals surface area contributed by atoms with Gasteiger partial charge in [0.2, 0.25) is 0 Å². The van der Waals surface area contributed by atoms with Crippen molar-refractivity contribution in [3.8, 4) is 0 Å². The lowest BCUT2D eigenvalue weighted by atomic mass is 9.97. The zero-order chi connectivity index (χ0) is 9.47. The molecule has 0 unspecified atom stereocenters. The molecular weight excluding hydrogens is 228 g/mol. The Morgan fingerprint density at radius 2 is 1.85 bits per heavy atom. The highest BCUT2D eigenvalue weighted by Crippen LogP contribution is 2.47. The van der Waals surface area contributed by atoms with Crippen LogP contribution in [0.4, 0.5) is 0 Å². The van der Waals surface area contributed by atoms with Crippen molar-refractivity contribution < 1.29 is 4.79 Å². The second kappa shape index (κ2) is 2.95. The first kappa shape index (κ1) is 8.95. The van der Waals surface area contributed by atoms with Gasteiger partial charge in [-0.15, -0.1) is 0 Å². The van der Waals surface area contributed by atoms with E-state index in [1.165, 1.54) is 0 Å². The third kappa shape index (κ3) is 1.68. The van der Waals surface area contributed by atoms with E-state index in [0.717, 1.165) is 22.9 Å². The Balaban J connectivity index is 2.26. The minimum atomic E-state index is -0.0478. The fourth-order valence-corrected chi connectivity index (χ4v) is 1.63. The summed E-state index contributed by atoms with van der Waals surface area (Å²) in [5, 5.41) is 0. The van der Waals surface area contributed by atoms with E-state index in [4.69, 9.17) is 0 Å². The molecule has 0 aliphatic heterocycles. The minimum Gasteiger partial charge on any atom is -0.294 e. The number of hydrogen-bond acceptors (Lipinski definition) is 1. The monoisotopic (exact) mass is 238 g/mol. The first-order valence-electron chi connectivity index (χ1n) is 4.42. The Kier molecular flexibility index (Phi) is 2.03. The van der Waals surface area contributed by atoms with Gasteiger partial charge in [0.1, 0.15) is 0 Å². The van der Waals surface area contributed by atoms with Gasteiger partial charge in [-0.3, -0.25) is 4.79 Å². The first-order valence-corrected chi connectivity index (χ1v) is 5.21. The van der Waals surface area contributed by atoms with Crippen LogP contribution in [0.3, 0.4) is 0 Å². The van der Waals surface area contributed by atoms with E-state index in [9.17, 15) is 4.79 Å². The van der Waals surface area contributed by atoms with Crippen LogP contribution in [-0.2, 0) is 0 Å². The number of hydrogen-bond donors (Lipinski definition) is 0. The highest BCUT2D eigenvalue weighted by atomic mass is 79.9. The molecule has 0 heterocycles. The normalized spacial score (nSPS) is 18.3. The summed E-state index contributed by atoms with van der Waals surface area (Å²) in [4.78, 5) is 11.8. The van der Waals surface area contributed by atoms with Gasteiger partial charge < -0.3 is 0 Å². The molecule has 2 heteroatoms. The highest BCUT2D eigenvalue weighted by Gasteiger charge is 2.44. The molecule has 1 aliphatic carbocycles. The number of benzene rings is 1. The van der Waals surface area contributed by atoms with Crippen LogP contribution < -0.4 is 0 Å². The Morgan fingerprint density at radius 1 is 1.31 bits per heavy atom. The Morgan fingerprint density at radius 3 is 2.31 bits per heavy atom. The van der Waals surface area contributed by atoms with Crippen LogP contribution in [-0.4, -0.2) is 5.78 Å². The van der Waals surface area contributed by atoms with Gasteiger partial charge in [0, 0.05) is 15.5 Å². The molecule has 1 aromatic carbocycles. The summed E-state index contributed by atoms with van der Waals surface area (Å²) in [6.45, 7) is 2.04. The number of carbonyl (C=O) groups excluding carboxylic acids is 1. The lowest BCUT2D eigenvalue weighted by Gasteiger charge is -2.06. The topological polar surface area (TPSA) is 17.1 Å². The molecule has 0 atom stereocenters. The molecule has 68 valence electrons. The average molecular weight is 239 g/mol. The Labute approximate surface area is 86.3 Å². The van der Waals surface area contributed by atoms with Crippen LogP contribution in [0, 0.1) is 5.41 Å². The maximum Gasteiger partial charge on any atom is 0.168 e. The van der Waals surface area contributed by atoms with Crippen molar-refractivity contribution in [2.45, 2.75) is 19.8 Å². The van der Waals surface area contributed by atoms with Crippen molar-refractivity contribution in [1.82, 2.24) is 0 Å². The van der Waals surface area contributed by atoms with Gasteiger partial charge in [-0.25, -0.2) is 0 Å². The zero-order valence-corrected chi connectivity index (χ0v) is 9.10. The van der Waals surface area contributed by atoms with Crippen LogP contribution in [0.1, 0.15) is 30.1 Å². The molecule has 0 bridgehead atoms. The third-order valence-electron chi connectivity index (χ3n) is 2.65. The smallest absolute Gasteiger partial charge is 0.168 e. The molecule has 0 N–H and O–H groups in total. The number of Topliss-reactive ketones (excluding diaryl/α,β-unsaturated/α-hetero) is 1. The standard InChI is InChI=1S/C11H11BrO/c1-11(6-7-11)10(13)8-2-4-9(12)5-3-8/h2-5H,6-7H2,1H3. The van der Waals surface area contributed by atoms with Gasteiger partial charge in [0.05, 0.1) is 0 Å². The zero-order valence-electron chi connectivity index (χ0n) is 7.51. The molecule has 0 amide bonds. The summed E-state index contributed by atoms with van der Waals surface area (Å²) in [5.41, 5.74) is 0.789. The van der Waals surface area contributed by atoms with Crippen LogP contribution in [0.25, 0.3) is 0 Å². The SMILES string of the molecule is CC1(C(=O)c2ccc(Br)cc2)CC1. The number of halogens is 1. The predicted molar refractivity (Wildman–Crippen MR) is 55.8 cm³/mol. The fourth-order valence-electron chi connectivity index (χ4n) is 1.36. The van der Waals surface area contributed by atoms with E-state index in [0.29, 0.717) is 5.78 Å². The van der Waals surface area contributed by atoms with Gasteiger partial charge in [0.15, 0.2) is 5.78 Å². The largest absolute Gasteiger partial charge is 0.294 e. The van der Waals surface area contributed by atoms with Gasteiger partial charge in [-0.1, -0.05) is 35.0 Å². The molecular formula is C11H11BrO. The number of rotatable bonds is 2. The summed E-state index contributed by atoms with van der Waals surface area (Å²) in [6, 6.07) is 7.60. The molecule has 0 radical (unpaired) electrons. The van der Waals surface area contributed by atoms with E-state index < -0.39 is 0 Å².